The molecule has 1 aliphatic heterocycles. The van der Waals surface area contributed by atoms with Gasteiger partial charge in [0.05, 0.1) is 6.10 Å². The maximum atomic E-state index is 9.65. The number of fused-ring (bicyclic) bond motifs is 1. The summed E-state index contributed by atoms with van der Waals surface area (Å²) in [7, 11) is 0. The van der Waals surface area contributed by atoms with Crippen LogP contribution in [0.3, 0.4) is 0 Å². The van der Waals surface area contributed by atoms with Crippen LogP contribution >= 0.6 is 11.3 Å². The molecular formula is C12H19NOS. The van der Waals surface area contributed by atoms with E-state index >= 15 is 0 Å². The number of aliphatic hydroxyl groups is 1. The summed E-state index contributed by atoms with van der Waals surface area (Å²) >= 11 is 1.86. The largest absolute Gasteiger partial charge is 0.392 e. The normalized spacial score (nSPS) is 26.0. The molecule has 1 aromatic heterocycles. The first-order valence-electron chi connectivity index (χ1n) is 5.61. The third kappa shape index (κ3) is 1.96. The van der Waals surface area contributed by atoms with Crippen molar-refractivity contribution in [3.63, 3.8) is 0 Å². The quantitative estimate of drug-likeness (QED) is 0.835. The van der Waals surface area contributed by atoms with Crippen molar-refractivity contribution in [2.45, 2.75) is 45.4 Å². The first-order chi connectivity index (χ1) is 7.11. The van der Waals surface area contributed by atoms with Gasteiger partial charge >= 0.3 is 0 Å². The van der Waals surface area contributed by atoms with Crippen molar-refractivity contribution in [1.82, 2.24) is 4.90 Å². The summed E-state index contributed by atoms with van der Waals surface area (Å²) in [5.41, 5.74) is 1.46. The summed E-state index contributed by atoms with van der Waals surface area (Å²) in [4.78, 5) is 3.93. The number of nitrogens with zero attached hydrogens (tertiary/aromatic N) is 1. The fourth-order valence-corrected chi connectivity index (χ4v) is 3.33. The minimum absolute atomic E-state index is 0.244. The van der Waals surface area contributed by atoms with Gasteiger partial charge in [-0.2, -0.15) is 0 Å². The van der Waals surface area contributed by atoms with Crippen LogP contribution in [0.25, 0.3) is 0 Å². The molecule has 0 bridgehead atoms. The molecule has 3 atom stereocenters. The van der Waals surface area contributed by atoms with Crippen molar-refractivity contribution in [2.24, 2.45) is 0 Å². The Hall–Kier alpha value is -0.380. The molecule has 1 aromatic rings. The van der Waals surface area contributed by atoms with Crippen LogP contribution in [0.4, 0.5) is 0 Å². The van der Waals surface area contributed by atoms with Gasteiger partial charge in [0.25, 0.3) is 0 Å². The summed E-state index contributed by atoms with van der Waals surface area (Å²) < 4.78 is 0. The maximum absolute atomic E-state index is 9.65. The van der Waals surface area contributed by atoms with E-state index in [1.165, 1.54) is 10.4 Å². The molecule has 1 aliphatic rings. The third-order valence-electron chi connectivity index (χ3n) is 3.55. The SMILES string of the molecule is CC(O)C(C)N1CCc2sccc2C1C. The van der Waals surface area contributed by atoms with Crippen molar-refractivity contribution >= 4 is 11.3 Å². The van der Waals surface area contributed by atoms with Crippen molar-refractivity contribution < 1.29 is 5.11 Å². The zero-order valence-electron chi connectivity index (χ0n) is 9.60. The second kappa shape index (κ2) is 4.24. The topological polar surface area (TPSA) is 23.5 Å². The first kappa shape index (κ1) is 11.1. The van der Waals surface area contributed by atoms with Gasteiger partial charge < -0.3 is 5.11 Å². The van der Waals surface area contributed by atoms with Gasteiger partial charge in [-0.25, -0.2) is 0 Å². The number of aliphatic hydroxyl groups excluding tert-OH is 1. The van der Waals surface area contributed by atoms with Crippen LogP contribution in [0, 0.1) is 0 Å². The van der Waals surface area contributed by atoms with E-state index in [0.717, 1.165) is 13.0 Å². The lowest BCUT2D eigenvalue weighted by Gasteiger charge is -2.39. The highest BCUT2D eigenvalue weighted by Crippen LogP contribution is 2.34. The molecule has 0 saturated heterocycles. The summed E-state index contributed by atoms with van der Waals surface area (Å²) in [6, 6.07) is 2.92. The molecule has 2 heterocycles. The lowest BCUT2D eigenvalue weighted by Crippen LogP contribution is -2.44. The Kier molecular flexibility index (Phi) is 3.14. The van der Waals surface area contributed by atoms with E-state index in [1.807, 2.05) is 18.3 Å². The van der Waals surface area contributed by atoms with Crippen molar-refractivity contribution in [3.05, 3.63) is 21.9 Å². The zero-order valence-corrected chi connectivity index (χ0v) is 10.4. The summed E-state index contributed by atoms with van der Waals surface area (Å²) in [6.07, 6.45) is 0.877. The summed E-state index contributed by atoms with van der Waals surface area (Å²) in [5, 5.41) is 11.8. The first-order valence-corrected chi connectivity index (χ1v) is 6.49. The molecule has 0 saturated carbocycles. The molecule has 2 nitrogen and oxygen atoms in total. The molecule has 0 aliphatic carbocycles. The van der Waals surface area contributed by atoms with Crippen LogP contribution in [0.1, 0.15) is 37.3 Å². The molecule has 0 aromatic carbocycles. The van der Waals surface area contributed by atoms with Crippen LogP contribution in [0.15, 0.2) is 11.4 Å². The zero-order chi connectivity index (χ0) is 11.0. The molecule has 0 radical (unpaired) electrons. The fourth-order valence-electron chi connectivity index (χ4n) is 2.36. The van der Waals surface area contributed by atoms with Gasteiger partial charge in [-0.05, 0) is 44.2 Å². The van der Waals surface area contributed by atoms with Crippen molar-refractivity contribution in [3.8, 4) is 0 Å². The van der Waals surface area contributed by atoms with Gasteiger partial charge in [0, 0.05) is 23.5 Å². The predicted molar refractivity (Wildman–Crippen MR) is 64.3 cm³/mol. The molecular weight excluding hydrogens is 206 g/mol. The van der Waals surface area contributed by atoms with Crippen LogP contribution in [0.2, 0.25) is 0 Å². The Morgan fingerprint density at radius 3 is 2.93 bits per heavy atom. The highest BCUT2D eigenvalue weighted by atomic mass is 32.1. The standard InChI is InChI=1S/C12H19NOS/c1-8(10(3)14)13-6-4-12-11(9(13)2)5-7-15-12/h5,7-10,14H,4,6H2,1-3H3. The molecule has 3 heteroatoms. The van der Waals surface area contributed by atoms with Gasteiger partial charge in [0.1, 0.15) is 0 Å². The molecule has 2 rings (SSSR count). The highest BCUT2D eigenvalue weighted by Gasteiger charge is 2.29. The molecule has 84 valence electrons. The van der Waals surface area contributed by atoms with Gasteiger partial charge in [-0.15, -0.1) is 11.3 Å². The minimum atomic E-state index is -0.257. The second-order valence-electron chi connectivity index (χ2n) is 4.44. The second-order valence-corrected chi connectivity index (χ2v) is 5.44. The van der Waals surface area contributed by atoms with Gasteiger partial charge in [0.15, 0.2) is 0 Å². The number of hydrogen-bond donors (Lipinski definition) is 1. The van der Waals surface area contributed by atoms with Crippen molar-refractivity contribution in [2.75, 3.05) is 6.54 Å². The molecule has 0 amide bonds. The van der Waals surface area contributed by atoms with E-state index in [4.69, 9.17) is 0 Å². The molecule has 1 N–H and O–H groups in total. The van der Waals surface area contributed by atoms with Crippen LogP contribution in [-0.4, -0.2) is 28.7 Å². The van der Waals surface area contributed by atoms with E-state index < -0.39 is 0 Å². The van der Waals surface area contributed by atoms with Gasteiger partial charge in [-0.3, -0.25) is 4.90 Å². The molecule has 0 fully saturated rings. The number of hydrogen-bond acceptors (Lipinski definition) is 3. The number of thiophene rings is 1. The minimum Gasteiger partial charge on any atom is -0.392 e. The number of rotatable bonds is 2. The predicted octanol–water partition coefficient (Wildman–Crippen LogP) is 2.44. The van der Waals surface area contributed by atoms with Crippen LogP contribution in [-0.2, 0) is 6.42 Å². The fraction of sp³-hybridized carbons (Fsp3) is 0.667. The Bertz CT molecular complexity index is 334. The Balaban J connectivity index is 2.19. The third-order valence-corrected chi connectivity index (χ3v) is 4.54. The smallest absolute Gasteiger partial charge is 0.0664 e. The molecule has 15 heavy (non-hydrogen) atoms. The molecule has 3 unspecified atom stereocenters. The van der Waals surface area contributed by atoms with E-state index in [0.29, 0.717) is 6.04 Å². The van der Waals surface area contributed by atoms with E-state index in [9.17, 15) is 5.11 Å². The molecule has 0 spiro atoms. The van der Waals surface area contributed by atoms with Gasteiger partial charge in [-0.1, -0.05) is 0 Å². The summed E-state index contributed by atoms with van der Waals surface area (Å²) in [6.45, 7) is 7.30. The Labute approximate surface area is 95.5 Å². The lowest BCUT2D eigenvalue weighted by atomic mass is 9.98. The average molecular weight is 225 g/mol. The monoisotopic (exact) mass is 225 g/mol. The van der Waals surface area contributed by atoms with E-state index in [1.54, 1.807) is 0 Å². The van der Waals surface area contributed by atoms with Crippen molar-refractivity contribution in [1.29, 1.82) is 0 Å². The Morgan fingerprint density at radius 1 is 1.53 bits per heavy atom. The van der Waals surface area contributed by atoms with Crippen LogP contribution < -0.4 is 0 Å². The highest BCUT2D eigenvalue weighted by molar-refractivity contribution is 7.10. The average Bonchev–Trinajstić information content (AvgIpc) is 2.66. The maximum Gasteiger partial charge on any atom is 0.0664 e. The Morgan fingerprint density at radius 2 is 2.27 bits per heavy atom. The van der Waals surface area contributed by atoms with Gasteiger partial charge in [0.2, 0.25) is 0 Å². The summed E-state index contributed by atoms with van der Waals surface area (Å²) in [5.74, 6) is 0. The van der Waals surface area contributed by atoms with E-state index in [2.05, 4.69) is 30.2 Å². The van der Waals surface area contributed by atoms with E-state index in [-0.39, 0.29) is 12.1 Å². The lowest BCUT2D eigenvalue weighted by molar-refractivity contribution is 0.0431. The van der Waals surface area contributed by atoms with Crippen LogP contribution in [0.5, 0.6) is 0 Å².